The largest absolute Gasteiger partial charge is 0.483 e. The van der Waals surface area contributed by atoms with E-state index in [4.69, 9.17) is 4.74 Å². The van der Waals surface area contributed by atoms with Crippen LogP contribution in [0, 0.1) is 13.8 Å². The third-order valence-corrected chi connectivity index (χ3v) is 5.17. The minimum absolute atomic E-state index is 0.0820. The lowest BCUT2D eigenvalue weighted by atomic mass is 10.1. The summed E-state index contributed by atoms with van der Waals surface area (Å²) in [5.41, 5.74) is 2.15. The van der Waals surface area contributed by atoms with E-state index in [1.807, 2.05) is 43.0 Å². The molecule has 1 amide bonds. The normalized spacial score (nSPS) is 17.7. The molecule has 3 rings (SSSR count). The Hall–Kier alpha value is -1.81. The molecular weight excluding hydrogens is 294 g/mol. The van der Waals surface area contributed by atoms with Crippen LogP contribution in [0.3, 0.4) is 0 Å². The lowest BCUT2D eigenvalue weighted by molar-refractivity contribution is -0.134. The molecule has 22 heavy (non-hydrogen) atoms. The quantitative estimate of drug-likeness (QED) is 0.850. The number of hydrogen-bond donors (Lipinski definition) is 0. The van der Waals surface area contributed by atoms with Gasteiger partial charge in [0.05, 0.1) is 6.04 Å². The van der Waals surface area contributed by atoms with Crippen molar-refractivity contribution in [1.29, 1.82) is 0 Å². The molecule has 1 aromatic heterocycles. The number of hydrogen-bond acceptors (Lipinski definition) is 3. The van der Waals surface area contributed by atoms with E-state index in [9.17, 15) is 4.79 Å². The van der Waals surface area contributed by atoms with Crippen molar-refractivity contribution in [3.05, 3.63) is 51.7 Å². The molecule has 1 saturated heterocycles. The molecule has 1 atom stereocenters. The minimum Gasteiger partial charge on any atom is -0.483 e. The van der Waals surface area contributed by atoms with E-state index in [1.54, 1.807) is 11.3 Å². The summed E-state index contributed by atoms with van der Waals surface area (Å²) < 4.78 is 5.82. The fraction of sp³-hybridized carbons (Fsp3) is 0.389. The van der Waals surface area contributed by atoms with Crippen molar-refractivity contribution in [1.82, 2.24) is 4.90 Å². The van der Waals surface area contributed by atoms with E-state index < -0.39 is 0 Å². The molecule has 1 unspecified atom stereocenters. The number of likely N-dealkylation sites (tertiary alicyclic amines) is 1. The summed E-state index contributed by atoms with van der Waals surface area (Å²) in [7, 11) is 0. The van der Waals surface area contributed by atoms with Crippen molar-refractivity contribution in [3.63, 3.8) is 0 Å². The average Bonchev–Trinajstić information content (AvgIpc) is 3.17. The summed E-state index contributed by atoms with van der Waals surface area (Å²) in [6.07, 6.45) is 2.12. The molecule has 4 heteroatoms. The first kappa shape index (κ1) is 15.1. The predicted octanol–water partition coefficient (Wildman–Crippen LogP) is 4.11. The highest BCUT2D eigenvalue weighted by Gasteiger charge is 2.30. The summed E-state index contributed by atoms with van der Waals surface area (Å²) >= 11 is 1.73. The lowest BCUT2D eigenvalue weighted by Crippen LogP contribution is -2.34. The van der Waals surface area contributed by atoms with Crippen molar-refractivity contribution in [3.8, 4) is 5.75 Å². The Labute approximate surface area is 135 Å². The number of benzene rings is 1. The van der Waals surface area contributed by atoms with E-state index in [-0.39, 0.29) is 18.6 Å². The van der Waals surface area contributed by atoms with Gasteiger partial charge in [-0.1, -0.05) is 24.3 Å². The van der Waals surface area contributed by atoms with Gasteiger partial charge in [0.15, 0.2) is 6.61 Å². The molecule has 0 radical (unpaired) electrons. The molecule has 0 spiro atoms. The molecular formula is C18H21NO2S. The monoisotopic (exact) mass is 315 g/mol. The van der Waals surface area contributed by atoms with Gasteiger partial charge in [0.2, 0.25) is 0 Å². The molecule has 116 valence electrons. The molecule has 0 N–H and O–H groups in total. The summed E-state index contributed by atoms with van der Waals surface area (Å²) in [6.45, 7) is 4.97. The highest BCUT2D eigenvalue weighted by Crippen LogP contribution is 2.34. The molecule has 2 aromatic rings. The number of ether oxygens (including phenoxy) is 1. The van der Waals surface area contributed by atoms with Crippen LogP contribution >= 0.6 is 11.3 Å². The fourth-order valence-electron chi connectivity index (χ4n) is 3.09. The Morgan fingerprint density at radius 1 is 1.27 bits per heavy atom. The van der Waals surface area contributed by atoms with Gasteiger partial charge < -0.3 is 9.64 Å². The van der Waals surface area contributed by atoms with E-state index in [0.717, 1.165) is 36.3 Å². The molecule has 1 aliphatic rings. The third kappa shape index (κ3) is 3.02. The van der Waals surface area contributed by atoms with Gasteiger partial charge in [-0.15, -0.1) is 11.3 Å². The molecule has 1 aliphatic heterocycles. The topological polar surface area (TPSA) is 29.5 Å². The van der Waals surface area contributed by atoms with Crippen LogP contribution in [-0.2, 0) is 4.79 Å². The number of rotatable bonds is 4. The van der Waals surface area contributed by atoms with Crippen LogP contribution in [0.15, 0.2) is 35.7 Å². The second kappa shape index (κ2) is 6.53. The number of carbonyl (C=O) groups is 1. The Morgan fingerprint density at radius 2 is 2.05 bits per heavy atom. The summed E-state index contributed by atoms with van der Waals surface area (Å²) in [5, 5.41) is 2.07. The fourth-order valence-corrected chi connectivity index (χ4v) is 3.96. The SMILES string of the molecule is Cc1cccc(C)c1OCC(=O)N1CCCC1c1cccs1. The zero-order valence-corrected chi connectivity index (χ0v) is 13.9. The Morgan fingerprint density at radius 3 is 2.73 bits per heavy atom. The molecule has 3 nitrogen and oxygen atoms in total. The van der Waals surface area contributed by atoms with Crippen LogP contribution in [-0.4, -0.2) is 24.0 Å². The molecule has 0 saturated carbocycles. The first-order valence-electron chi connectivity index (χ1n) is 7.68. The van der Waals surface area contributed by atoms with Gasteiger partial charge in [0.25, 0.3) is 5.91 Å². The van der Waals surface area contributed by atoms with Crippen molar-refractivity contribution in [2.45, 2.75) is 32.7 Å². The van der Waals surface area contributed by atoms with Crippen molar-refractivity contribution in [2.24, 2.45) is 0 Å². The zero-order valence-electron chi connectivity index (χ0n) is 13.0. The highest BCUT2D eigenvalue weighted by molar-refractivity contribution is 7.10. The Kier molecular flexibility index (Phi) is 4.48. The molecule has 1 aromatic carbocycles. The number of amides is 1. The van der Waals surface area contributed by atoms with Crippen LogP contribution in [0.4, 0.5) is 0 Å². The second-order valence-electron chi connectivity index (χ2n) is 5.77. The van der Waals surface area contributed by atoms with Crippen LogP contribution < -0.4 is 4.74 Å². The maximum atomic E-state index is 12.6. The van der Waals surface area contributed by atoms with Gasteiger partial charge in [-0.2, -0.15) is 0 Å². The summed E-state index contributed by atoms with van der Waals surface area (Å²) in [4.78, 5) is 15.8. The van der Waals surface area contributed by atoms with Crippen molar-refractivity contribution in [2.75, 3.05) is 13.2 Å². The number of aryl methyl sites for hydroxylation is 2. The third-order valence-electron chi connectivity index (χ3n) is 4.19. The predicted molar refractivity (Wildman–Crippen MR) is 89.4 cm³/mol. The van der Waals surface area contributed by atoms with Gasteiger partial charge in [-0.3, -0.25) is 4.79 Å². The van der Waals surface area contributed by atoms with E-state index in [2.05, 4.69) is 11.4 Å². The number of para-hydroxylation sites is 1. The van der Waals surface area contributed by atoms with Crippen molar-refractivity contribution >= 4 is 17.2 Å². The zero-order chi connectivity index (χ0) is 15.5. The minimum atomic E-state index is 0.0820. The standard InChI is InChI=1S/C18H21NO2S/c1-13-6-3-7-14(2)18(13)21-12-17(20)19-10-4-8-15(19)16-9-5-11-22-16/h3,5-7,9,11,15H,4,8,10,12H2,1-2H3. The maximum Gasteiger partial charge on any atom is 0.261 e. The van der Waals surface area contributed by atoms with Crippen LogP contribution in [0.2, 0.25) is 0 Å². The summed E-state index contributed by atoms with van der Waals surface area (Å²) in [5.74, 6) is 0.918. The van der Waals surface area contributed by atoms with Gasteiger partial charge >= 0.3 is 0 Å². The van der Waals surface area contributed by atoms with Crippen LogP contribution in [0.25, 0.3) is 0 Å². The summed E-state index contributed by atoms with van der Waals surface area (Å²) in [6, 6.07) is 10.4. The smallest absolute Gasteiger partial charge is 0.261 e. The van der Waals surface area contributed by atoms with Crippen LogP contribution in [0.5, 0.6) is 5.75 Å². The Balaban J connectivity index is 1.67. The lowest BCUT2D eigenvalue weighted by Gasteiger charge is -2.24. The van der Waals surface area contributed by atoms with E-state index in [0.29, 0.717) is 0 Å². The average molecular weight is 315 g/mol. The second-order valence-corrected chi connectivity index (χ2v) is 6.75. The Bertz CT molecular complexity index is 631. The van der Waals surface area contributed by atoms with Gasteiger partial charge in [0, 0.05) is 11.4 Å². The number of thiophene rings is 1. The molecule has 0 bridgehead atoms. The van der Waals surface area contributed by atoms with Gasteiger partial charge in [-0.05, 0) is 49.3 Å². The van der Waals surface area contributed by atoms with Gasteiger partial charge in [-0.25, -0.2) is 0 Å². The first-order chi connectivity index (χ1) is 10.7. The van der Waals surface area contributed by atoms with E-state index in [1.165, 1.54) is 4.88 Å². The van der Waals surface area contributed by atoms with Gasteiger partial charge in [0.1, 0.15) is 5.75 Å². The number of nitrogens with zero attached hydrogens (tertiary/aromatic N) is 1. The first-order valence-corrected chi connectivity index (χ1v) is 8.56. The van der Waals surface area contributed by atoms with Crippen LogP contribution in [0.1, 0.15) is 34.9 Å². The van der Waals surface area contributed by atoms with Crippen molar-refractivity contribution < 1.29 is 9.53 Å². The number of carbonyl (C=O) groups excluding carboxylic acids is 1. The van der Waals surface area contributed by atoms with E-state index >= 15 is 0 Å². The molecule has 1 fully saturated rings. The highest BCUT2D eigenvalue weighted by atomic mass is 32.1. The molecule has 2 heterocycles. The maximum absolute atomic E-state index is 12.6. The molecule has 0 aliphatic carbocycles.